The first-order chi connectivity index (χ1) is 9.40. The molecule has 0 spiro atoms. The molecule has 0 amide bonds. The third-order valence-electron chi connectivity index (χ3n) is 3.93. The molecule has 0 atom stereocenters. The minimum absolute atomic E-state index is 0.307. The normalized spacial score (nSPS) is 16.1. The highest BCUT2D eigenvalue weighted by molar-refractivity contribution is 6.76. The van der Waals surface area contributed by atoms with Crippen molar-refractivity contribution >= 4 is 24.8 Å². The van der Waals surface area contributed by atoms with Crippen LogP contribution in [0.4, 0.5) is 0 Å². The number of rotatable bonds is 4. The van der Waals surface area contributed by atoms with Gasteiger partial charge in [-0.3, -0.25) is 0 Å². The number of hydrogen-bond acceptors (Lipinski definition) is 1. The standard InChI is InChI=1S/C17H21OSi/c1-2-11-18-16-9-10-17(19-12-5-6-13-19)15-8-4-3-7-14(15)16/h3-4,7-10H,2,5-6,11-13H2,1H3. The number of hydrogen-bond donors (Lipinski definition) is 0. The number of ether oxygens (including phenoxy) is 1. The number of fused-ring (bicyclic) bond motifs is 1. The zero-order valence-electron chi connectivity index (χ0n) is 11.6. The van der Waals surface area contributed by atoms with Crippen LogP contribution in [0.25, 0.3) is 10.8 Å². The SMILES string of the molecule is CCCOc1ccc([Si]2CCCC2)c2ccccc12. The summed E-state index contributed by atoms with van der Waals surface area (Å²) in [7, 11) is -0.307. The topological polar surface area (TPSA) is 9.23 Å². The molecule has 1 saturated heterocycles. The van der Waals surface area contributed by atoms with E-state index in [2.05, 4.69) is 43.3 Å². The maximum atomic E-state index is 5.90. The summed E-state index contributed by atoms with van der Waals surface area (Å²) < 4.78 is 5.90. The van der Waals surface area contributed by atoms with Gasteiger partial charge in [-0.25, -0.2) is 0 Å². The van der Waals surface area contributed by atoms with E-state index in [1.807, 2.05) is 0 Å². The van der Waals surface area contributed by atoms with E-state index in [0.29, 0.717) is 0 Å². The predicted molar refractivity (Wildman–Crippen MR) is 84.0 cm³/mol. The molecular formula is C17H21OSi. The first-order valence-electron chi connectivity index (χ1n) is 7.40. The van der Waals surface area contributed by atoms with Crippen LogP contribution in [0.2, 0.25) is 12.1 Å². The molecule has 0 N–H and O–H groups in total. The molecule has 2 heteroatoms. The van der Waals surface area contributed by atoms with E-state index >= 15 is 0 Å². The highest BCUT2D eigenvalue weighted by Crippen LogP contribution is 2.28. The van der Waals surface area contributed by atoms with Gasteiger partial charge in [0.25, 0.3) is 0 Å². The molecule has 1 nitrogen and oxygen atoms in total. The van der Waals surface area contributed by atoms with Crippen LogP contribution >= 0.6 is 0 Å². The van der Waals surface area contributed by atoms with Gasteiger partial charge in [0.05, 0.1) is 15.4 Å². The Hall–Kier alpha value is -1.28. The van der Waals surface area contributed by atoms with Gasteiger partial charge < -0.3 is 4.74 Å². The maximum Gasteiger partial charge on any atom is 0.127 e. The lowest BCUT2D eigenvalue weighted by atomic mass is 10.1. The monoisotopic (exact) mass is 269 g/mol. The third kappa shape index (κ3) is 2.55. The second kappa shape index (κ2) is 5.79. The first kappa shape index (κ1) is 12.7. The molecule has 2 aromatic carbocycles. The summed E-state index contributed by atoms with van der Waals surface area (Å²) >= 11 is 0. The Kier molecular flexibility index (Phi) is 3.88. The molecule has 1 aliphatic heterocycles. The Bertz CT molecular complexity index is 558. The van der Waals surface area contributed by atoms with Gasteiger partial charge >= 0.3 is 0 Å². The van der Waals surface area contributed by atoms with Crippen LogP contribution in [0.15, 0.2) is 36.4 Å². The smallest absolute Gasteiger partial charge is 0.127 e. The van der Waals surface area contributed by atoms with E-state index in [9.17, 15) is 0 Å². The van der Waals surface area contributed by atoms with Crippen molar-refractivity contribution in [3.05, 3.63) is 36.4 Å². The van der Waals surface area contributed by atoms with Gasteiger partial charge in [-0.2, -0.15) is 0 Å². The van der Waals surface area contributed by atoms with Crippen molar-refractivity contribution in [2.75, 3.05) is 6.61 Å². The molecule has 0 aliphatic carbocycles. The average Bonchev–Trinajstić information content (AvgIpc) is 2.98. The summed E-state index contributed by atoms with van der Waals surface area (Å²) in [4.78, 5) is 0. The van der Waals surface area contributed by atoms with Crippen molar-refractivity contribution in [3.63, 3.8) is 0 Å². The Morgan fingerprint density at radius 3 is 2.47 bits per heavy atom. The summed E-state index contributed by atoms with van der Waals surface area (Å²) in [5.74, 6) is 1.06. The molecule has 0 bridgehead atoms. The Morgan fingerprint density at radius 1 is 1.00 bits per heavy atom. The molecule has 3 rings (SSSR count). The Labute approximate surface area is 117 Å². The summed E-state index contributed by atoms with van der Waals surface area (Å²) in [6.45, 7) is 2.96. The van der Waals surface area contributed by atoms with Gasteiger partial charge in [-0.1, -0.05) is 67.4 Å². The minimum Gasteiger partial charge on any atom is -0.493 e. The predicted octanol–water partition coefficient (Wildman–Crippen LogP) is 4.12. The van der Waals surface area contributed by atoms with Crippen LogP contribution in [-0.2, 0) is 0 Å². The number of benzene rings is 2. The molecule has 0 saturated carbocycles. The summed E-state index contributed by atoms with van der Waals surface area (Å²) in [5, 5.41) is 4.37. The molecule has 1 heterocycles. The quantitative estimate of drug-likeness (QED) is 0.759. The molecule has 0 aromatic heterocycles. The zero-order chi connectivity index (χ0) is 13.1. The highest BCUT2D eigenvalue weighted by atomic mass is 28.3. The molecular weight excluding hydrogens is 248 g/mol. The largest absolute Gasteiger partial charge is 0.493 e. The van der Waals surface area contributed by atoms with E-state index in [-0.39, 0.29) is 8.80 Å². The van der Waals surface area contributed by atoms with Crippen LogP contribution in [0.5, 0.6) is 5.75 Å². The van der Waals surface area contributed by atoms with Gasteiger partial charge in [-0.15, -0.1) is 0 Å². The van der Waals surface area contributed by atoms with Crippen LogP contribution in [0, 0.1) is 0 Å². The summed E-state index contributed by atoms with van der Waals surface area (Å²) in [5.41, 5.74) is 0. The fourth-order valence-corrected chi connectivity index (χ4v) is 6.05. The maximum absolute atomic E-state index is 5.90. The van der Waals surface area contributed by atoms with E-state index in [1.54, 1.807) is 5.19 Å². The molecule has 2 aromatic rings. The van der Waals surface area contributed by atoms with Gasteiger partial charge in [-0.05, 0) is 17.9 Å². The fourth-order valence-electron chi connectivity index (χ4n) is 2.99. The first-order valence-corrected chi connectivity index (χ1v) is 9.31. The average molecular weight is 269 g/mol. The lowest BCUT2D eigenvalue weighted by Gasteiger charge is -2.15. The Balaban J connectivity index is 2.05. The fraction of sp³-hybridized carbons (Fsp3) is 0.412. The molecule has 1 aliphatic rings. The molecule has 1 fully saturated rings. The van der Waals surface area contributed by atoms with E-state index < -0.39 is 0 Å². The molecule has 19 heavy (non-hydrogen) atoms. The lowest BCUT2D eigenvalue weighted by molar-refractivity contribution is 0.321. The van der Waals surface area contributed by atoms with Crippen molar-refractivity contribution in [2.24, 2.45) is 0 Å². The van der Waals surface area contributed by atoms with Crippen molar-refractivity contribution in [2.45, 2.75) is 38.3 Å². The van der Waals surface area contributed by atoms with Crippen molar-refractivity contribution in [3.8, 4) is 5.75 Å². The highest BCUT2D eigenvalue weighted by Gasteiger charge is 2.21. The second-order valence-electron chi connectivity index (χ2n) is 5.32. The molecule has 99 valence electrons. The van der Waals surface area contributed by atoms with Crippen molar-refractivity contribution in [1.82, 2.24) is 0 Å². The van der Waals surface area contributed by atoms with E-state index in [4.69, 9.17) is 4.74 Å². The van der Waals surface area contributed by atoms with Gasteiger partial charge in [0, 0.05) is 5.39 Å². The van der Waals surface area contributed by atoms with Gasteiger partial charge in [0.2, 0.25) is 0 Å². The van der Waals surface area contributed by atoms with Crippen LogP contribution < -0.4 is 9.92 Å². The van der Waals surface area contributed by atoms with Crippen molar-refractivity contribution in [1.29, 1.82) is 0 Å². The minimum atomic E-state index is -0.307. The van der Waals surface area contributed by atoms with Crippen molar-refractivity contribution < 1.29 is 4.74 Å². The lowest BCUT2D eigenvalue weighted by Crippen LogP contribution is -2.27. The second-order valence-corrected chi connectivity index (χ2v) is 8.06. The van der Waals surface area contributed by atoms with E-state index in [0.717, 1.165) is 18.8 Å². The van der Waals surface area contributed by atoms with Crippen LogP contribution in [-0.4, -0.2) is 15.4 Å². The third-order valence-corrected chi connectivity index (χ3v) is 7.05. The van der Waals surface area contributed by atoms with Gasteiger partial charge in [0.15, 0.2) is 0 Å². The van der Waals surface area contributed by atoms with Gasteiger partial charge in [0.1, 0.15) is 5.75 Å². The molecule has 0 unspecified atom stereocenters. The molecule has 1 radical (unpaired) electrons. The Morgan fingerprint density at radius 2 is 1.74 bits per heavy atom. The van der Waals surface area contributed by atoms with Crippen LogP contribution in [0.1, 0.15) is 26.2 Å². The van der Waals surface area contributed by atoms with E-state index in [1.165, 1.54) is 35.7 Å². The summed E-state index contributed by atoms with van der Waals surface area (Å²) in [6.07, 6.45) is 3.92. The summed E-state index contributed by atoms with van der Waals surface area (Å²) in [6, 6.07) is 16.2. The van der Waals surface area contributed by atoms with Crippen LogP contribution in [0.3, 0.4) is 0 Å². The zero-order valence-corrected chi connectivity index (χ0v) is 12.6.